The summed E-state index contributed by atoms with van der Waals surface area (Å²) in [6.45, 7) is 0. The molecule has 1 N–H and O–H groups in total. The molecule has 4 rings (SSSR count). The quantitative estimate of drug-likeness (QED) is 0.781. The number of aromatic nitrogens is 2. The van der Waals surface area contributed by atoms with Crippen molar-refractivity contribution in [2.24, 2.45) is 0 Å². The highest BCUT2D eigenvalue weighted by Crippen LogP contribution is 2.42. The number of hydrogen-bond acceptors (Lipinski definition) is 6. The van der Waals surface area contributed by atoms with Crippen molar-refractivity contribution in [3.05, 3.63) is 36.5 Å². The molecule has 0 amide bonds. The molecule has 3 heterocycles. The number of alkyl halides is 2. The lowest BCUT2D eigenvalue weighted by atomic mass is 10.2. The van der Waals surface area contributed by atoms with E-state index < -0.39 is 6.29 Å². The van der Waals surface area contributed by atoms with Gasteiger partial charge in [-0.1, -0.05) is 5.16 Å². The van der Waals surface area contributed by atoms with Crippen LogP contribution in [-0.4, -0.2) is 16.4 Å². The topological polar surface area (TPSA) is 69.4 Å². The molecule has 0 saturated heterocycles. The summed E-state index contributed by atoms with van der Waals surface area (Å²) in [5.74, 6) is 0.315. The fourth-order valence-corrected chi connectivity index (χ4v) is 2.03. The van der Waals surface area contributed by atoms with Gasteiger partial charge in [-0.05, 0) is 24.3 Å². The molecule has 0 radical (unpaired) electrons. The molecule has 0 saturated carbocycles. The van der Waals surface area contributed by atoms with Gasteiger partial charge in [0.05, 0.1) is 0 Å². The van der Waals surface area contributed by atoms with Crippen molar-refractivity contribution in [1.82, 2.24) is 10.1 Å². The smallest absolute Gasteiger partial charge is 0.395 e. The molecule has 0 unspecified atom stereocenters. The van der Waals surface area contributed by atoms with Crippen molar-refractivity contribution in [3.63, 3.8) is 0 Å². The van der Waals surface area contributed by atoms with Crippen LogP contribution < -0.4 is 14.8 Å². The summed E-state index contributed by atoms with van der Waals surface area (Å²) in [5.41, 5.74) is 1.56. The number of nitrogens with one attached hydrogen (secondary N) is 1. The van der Waals surface area contributed by atoms with E-state index in [4.69, 9.17) is 4.52 Å². The van der Waals surface area contributed by atoms with Gasteiger partial charge in [-0.15, -0.1) is 8.78 Å². The van der Waals surface area contributed by atoms with E-state index in [0.29, 0.717) is 22.6 Å². The first-order valence-electron chi connectivity index (χ1n) is 5.98. The van der Waals surface area contributed by atoms with Gasteiger partial charge in [-0.3, -0.25) is 0 Å². The third-order valence-corrected chi connectivity index (χ3v) is 2.89. The van der Waals surface area contributed by atoms with Gasteiger partial charge in [0.15, 0.2) is 22.6 Å². The van der Waals surface area contributed by atoms with Gasteiger partial charge in [-0.2, -0.15) is 0 Å². The maximum Gasteiger partial charge on any atom is 0.586 e. The number of pyridine rings is 1. The Labute approximate surface area is 116 Å². The Hall–Kier alpha value is -2.90. The summed E-state index contributed by atoms with van der Waals surface area (Å²) >= 11 is 0. The monoisotopic (exact) mass is 291 g/mol. The van der Waals surface area contributed by atoms with Crippen molar-refractivity contribution in [3.8, 4) is 11.5 Å². The van der Waals surface area contributed by atoms with Crippen molar-refractivity contribution in [2.75, 3.05) is 5.32 Å². The summed E-state index contributed by atoms with van der Waals surface area (Å²) in [4.78, 5) is 4.14. The normalized spacial score (nSPS) is 15.3. The minimum atomic E-state index is -3.64. The number of halogens is 2. The van der Waals surface area contributed by atoms with Gasteiger partial charge in [0.2, 0.25) is 5.82 Å². The van der Waals surface area contributed by atoms with Crippen LogP contribution in [0.3, 0.4) is 0 Å². The van der Waals surface area contributed by atoms with Crippen molar-refractivity contribution >= 4 is 22.6 Å². The molecular weight excluding hydrogens is 284 g/mol. The number of anilines is 2. The average molecular weight is 291 g/mol. The SMILES string of the molecule is FC1(F)Oc2ccc(Nc3noc4cccnc34)cc2O1. The number of nitrogens with zero attached hydrogens (tertiary/aromatic N) is 2. The maximum atomic E-state index is 13.0. The Kier molecular flexibility index (Phi) is 2.29. The third kappa shape index (κ3) is 2.00. The van der Waals surface area contributed by atoms with E-state index in [1.165, 1.54) is 12.1 Å². The highest BCUT2D eigenvalue weighted by Gasteiger charge is 2.43. The molecule has 3 aromatic rings. The highest BCUT2D eigenvalue weighted by atomic mass is 19.3. The van der Waals surface area contributed by atoms with Crippen LogP contribution in [0.4, 0.5) is 20.3 Å². The maximum absolute atomic E-state index is 13.0. The molecule has 1 aliphatic heterocycles. The summed E-state index contributed by atoms with van der Waals surface area (Å²) in [6, 6.07) is 7.78. The Morgan fingerprint density at radius 1 is 1.10 bits per heavy atom. The van der Waals surface area contributed by atoms with Crippen molar-refractivity contribution < 1.29 is 22.8 Å². The Balaban J connectivity index is 1.67. The first kappa shape index (κ1) is 11.9. The number of fused-ring (bicyclic) bond motifs is 2. The van der Waals surface area contributed by atoms with E-state index in [2.05, 4.69) is 24.9 Å². The molecule has 6 nitrogen and oxygen atoms in total. The lowest BCUT2D eigenvalue weighted by Crippen LogP contribution is -2.25. The summed E-state index contributed by atoms with van der Waals surface area (Å²) in [7, 11) is 0. The second kappa shape index (κ2) is 4.05. The molecule has 1 aliphatic rings. The molecule has 21 heavy (non-hydrogen) atoms. The summed E-state index contributed by atoms with van der Waals surface area (Å²) < 4.78 is 39.7. The molecule has 0 spiro atoms. The van der Waals surface area contributed by atoms with Crippen molar-refractivity contribution in [1.29, 1.82) is 0 Å². The molecule has 106 valence electrons. The predicted octanol–water partition coefficient (Wildman–Crippen LogP) is 3.29. The molecule has 1 aromatic carbocycles. The number of rotatable bonds is 2. The van der Waals surface area contributed by atoms with E-state index in [-0.39, 0.29) is 11.5 Å². The first-order valence-corrected chi connectivity index (χ1v) is 5.98. The molecule has 2 aromatic heterocycles. The van der Waals surface area contributed by atoms with Gasteiger partial charge < -0.3 is 19.3 Å². The lowest BCUT2D eigenvalue weighted by Gasteiger charge is -2.04. The number of hydrogen-bond donors (Lipinski definition) is 1. The summed E-state index contributed by atoms with van der Waals surface area (Å²) in [5, 5.41) is 6.78. The standard InChI is InChI=1S/C13H7F2N3O3/c14-13(15)19-8-4-3-7(6-10(8)20-13)17-12-11-9(21-18-12)2-1-5-16-11/h1-6H,(H,17,18). The van der Waals surface area contributed by atoms with E-state index in [1.54, 1.807) is 24.4 Å². The second-order valence-electron chi connectivity index (χ2n) is 4.34. The Morgan fingerprint density at radius 3 is 2.86 bits per heavy atom. The largest absolute Gasteiger partial charge is 0.586 e. The zero-order chi connectivity index (χ0) is 14.4. The van der Waals surface area contributed by atoms with Crippen LogP contribution in [0.15, 0.2) is 41.1 Å². The Bertz CT molecular complexity index is 834. The molecule has 8 heteroatoms. The third-order valence-electron chi connectivity index (χ3n) is 2.89. The van der Waals surface area contributed by atoms with E-state index in [0.717, 1.165) is 0 Å². The molecule has 0 fully saturated rings. The lowest BCUT2D eigenvalue weighted by molar-refractivity contribution is -0.286. The van der Waals surface area contributed by atoms with E-state index in [9.17, 15) is 8.78 Å². The van der Waals surface area contributed by atoms with Crippen LogP contribution in [0.2, 0.25) is 0 Å². The van der Waals surface area contributed by atoms with Gasteiger partial charge in [0.1, 0.15) is 0 Å². The predicted molar refractivity (Wildman–Crippen MR) is 67.7 cm³/mol. The fraction of sp³-hybridized carbons (Fsp3) is 0.0769. The van der Waals surface area contributed by atoms with E-state index >= 15 is 0 Å². The Morgan fingerprint density at radius 2 is 1.95 bits per heavy atom. The van der Waals surface area contributed by atoms with Crippen LogP contribution in [0.5, 0.6) is 11.5 Å². The van der Waals surface area contributed by atoms with Crippen LogP contribution in [0.25, 0.3) is 11.1 Å². The summed E-state index contributed by atoms with van der Waals surface area (Å²) in [6.07, 6.45) is -2.03. The van der Waals surface area contributed by atoms with Gasteiger partial charge in [-0.25, -0.2) is 4.98 Å². The van der Waals surface area contributed by atoms with Gasteiger partial charge in [0.25, 0.3) is 0 Å². The zero-order valence-corrected chi connectivity index (χ0v) is 10.3. The first-order chi connectivity index (χ1) is 10.1. The second-order valence-corrected chi connectivity index (χ2v) is 4.34. The zero-order valence-electron chi connectivity index (χ0n) is 10.3. The molecular formula is C13H7F2N3O3. The molecule has 0 atom stereocenters. The number of benzene rings is 1. The van der Waals surface area contributed by atoms with Gasteiger partial charge >= 0.3 is 6.29 Å². The molecule has 0 bridgehead atoms. The minimum absolute atomic E-state index is 0.0197. The van der Waals surface area contributed by atoms with Gasteiger partial charge in [0, 0.05) is 18.0 Å². The highest BCUT2D eigenvalue weighted by molar-refractivity contribution is 5.86. The molecule has 0 aliphatic carbocycles. The fourth-order valence-electron chi connectivity index (χ4n) is 2.03. The van der Waals surface area contributed by atoms with Crippen LogP contribution >= 0.6 is 0 Å². The van der Waals surface area contributed by atoms with Crippen molar-refractivity contribution in [2.45, 2.75) is 6.29 Å². The van der Waals surface area contributed by atoms with Crippen LogP contribution in [0.1, 0.15) is 0 Å². The van der Waals surface area contributed by atoms with E-state index in [1.807, 2.05) is 0 Å². The average Bonchev–Trinajstić information content (AvgIpc) is 2.98. The number of ether oxygens (including phenoxy) is 2. The van der Waals surface area contributed by atoms with Crippen LogP contribution in [0, 0.1) is 0 Å². The minimum Gasteiger partial charge on any atom is -0.395 e. The van der Waals surface area contributed by atoms with Crippen LogP contribution in [-0.2, 0) is 0 Å².